The molecule has 1 aliphatic carbocycles. The molecule has 1 unspecified atom stereocenters. The second-order valence-electron chi connectivity index (χ2n) is 11.5. The van der Waals surface area contributed by atoms with Gasteiger partial charge in [0.25, 0.3) is 0 Å². The number of rotatable bonds is 16. The minimum Gasteiger partial charge on any atom is -0.396 e. The summed E-state index contributed by atoms with van der Waals surface area (Å²) < 4.78 is 5.65. The van der Waals surface area contributed by atoms with Crippen LogP contribution in [0.3, 0.4) is 0 Å². The van der Waals surface area contributed by atoms with E-state index in [-0.39, 0.29) is 13.2 Å². The molecule has 3 rings (SSSR count). The fraction of sp³-hybridized carbons (Fsp3) is 0.583. The molecule has 40 heavy (non-hydrogen) atoms. The summed E-state index contributed by atoms with van der Waals surface area (Å²) in [4.78, 5) is 9.41. The Hall–Kier alpha value is -2.27. The summed E-state index contributed by atoms with van der Waals surface area (Å²) in [6.45, 7) is 11.3. The molecule has 0 saturated heterocycles. The van der Waals surface area contributed by atoms with Gasteiger partial charge in [-0.3, -0.25) is 4.79 Å². The molecule has 2 N–H and O–H groups in total. The SMILES string of the molecule is C=C(C)C=O.CCCc1ccc(-c2ccc(C3CCC(CC(CCO)CCOCCCO)CC3)cc2CC)cc1. The van der Waals surface area contributed by atoms with Crippen LogP contribution in [0.25, 0.3) is 11.1 Å². The molecule has 2 aromatic rings. The Kier molecular flexibility index (Phi) is 16.8. The van der Waals surface area contributed by atoms with Gasteiger partial charge in [-0.2, -0.15) is 0 Å². The normalized spacial score (nSPS) is 17.5. The lowest BCUT2D eigenvalue weighted by atomic mass is 9.74. The molecular formula is C36H54O4. The van der Waals surface area contributed by atoms with Gasteiger partial charge in [-0.05, 0) is 122 Å². The van der Waals surface area contributed by atoms with Gasteiger partial charge in [-0.25, -0.2) is 0 Å². The number of aryl methyl sites for hydroxylation is 2. The summed E-state index contributed by atoms with van der Waals surface area (Å²) in [5, 5.41) is 18.4. The van der Waals surface area contributed by atoms with Gasteiger partial charge in [0, 0.05) is 26.4 Å². The molecule has 4 nitrogen and oxygen atoms in total. The Morgan fingerprint density at radius 3 is 2.27 bits per heavy atom. The zero-order valence-corrected chi connectivity index (χ0v) is 25.4. The Morgan fingerprint density at radius 1 is 1.00 bits per heavy atom. The predicted octanol–water partition coefficient (Wildman–Crippen LogP) is 8.08. The first kappa shape index (κ1) is 33.9. The summed E-state index contributed by atoms with van der Waals surface area (Å²) in [7, 11) is 0. The van der Waals surface area contributed by atoms with Crippen LogP contribution >= 0.6 is 0 Å². The number of hydrogen-bond acceptors (Lipinski definition) is 4. The summed E-state index contributed by atoms with van der Waals surface area (Å²) in [5.41, 5.74) is 7.73. The van der Waals surface area contributed by atoms with E-state index in [4.69, 9.17) is 9.84 Å². The van der Waals surface area contributed by atoms with E-state index in [1.165, 1.54) is 66.3 Å². The van der Waals surface area contributed by atoms with E-state index in [2.05, 4.69) is 62.9 Å². The predicted molar refractivity (Wildman–Crippen MR) is 168 cm³/mol. The maximum atomic E-state index is 9.52. The van der Waals surface area contributed by atoms with Gasteiger partial charge in [-0.1, -0.05) is 69.3 Å². The molecule has 0 spiro atoms. The van der Waals surface area contributed by atoms with Crippen LogP contribution in [0.1, 0.15) is 101 Å². The largest absolute Gasteiger partial charge is 0.396 e. The number of carbonyl (C=O) groups is 1. The molecule has 0 bridgehead atoms. The molecule has 0 aromatic heterocycles. The maximum Gasteiger partial charge on any atom is 0.145 e. The van der Waals surface area contributed by atoms with Crippen molar-refractivity contribution >= 4 is 6.29 Å². The average Bonchev–Trinajstić information content (AvgIpc) is 2.98. The number of hydrogen-bond donors (Lipinski definition) is 2. The molecule has 1 saturated carbocycles. The van der Waals surface area contributed by atoms with Crippen molar-refractivity contribution in [2.45, 2.75) is 97.3 Å². The third-order valence-corrected chi connectivity index (χ3v) is 8.15. The van der Waals surface area contributed by atoms with Gasteiger partial charge in [-0.15, -0.1) is 0 Å². The third kappa shape index (κ3) is 12.1. The number of carbonyl (C=O) groups excluding carboxylic acids is 1. The molecule has 2 aromatic carbocycles. The van der Waals surface area contributed by atoms with Crippen molar-refractivity contribution in [3.63, 3.8) is 0 Å². The van der Waals surface area contributed by atoms with Crippen LogP contribution in [0.15, 0.2) is 54.6 Å². The molecule has 1 aliphatic rings. The van der Waals surface area contributed by atoms with Crippen LogP contribution in [-0.2, 0) is 22.4 Å². The summed E-state index contributed by atoms with van der Waals surface area (Å²) in [5.74, 6) is 1.99. The Labute approximate surface area is 243 Å². The topological polar surface area (TPSA) is 66.8 Å². The molecule has 0 radical (unpaired) electrons. The van der Waals surface area contributed by atoms with Gasteiger partial charge in [0.1, 0.15) is 6.29 Å². The summed E-state index contributed by atoms with van der Waals surface area (Å²) >= 11 is 0. The van der Waals surface area contributed by atoms with E-state index in [0.29, 0.717) is 30.4 Å². The zero-order valence-electron chi connectivity index (χ0n) is 25.4. The highest BCUT2D eigenvalue weighted by atomic mass is 16.5. The number of aldehydes is 1. The van der Waals surface area contributed by atoms with Crippen molar-refractivity contribution in [3.8, 4) is 11.1 Å². The number of allylic oxidation sites excluding steroid dienone is 1. The van der Waals surface area contributed by atoms with Gasteiger partial charge in [0.05, 0.1) is 0 Å². The van der Waals surface area contributed by atoms with E-state index >= 15 is 0 Å². The van der Waals surface area contributed by atoms with E-state index in [9.17, 15) is 9.90 Å². The Morgan fingerprint density at radius 2 is 1.70 bits per heavy atom. The summed E-state index contributed by atoms with van der Waals surface area (Å²) in [6.07, 6.45) is 13.1. The van der Waals surface area contributed by atoms with Crippen molar-refractivity contribution in [3.05, 3.63) is 71.3 Å². The summed E-state index contributed by atoms with van der Waals surface area (Å²) in [6, 6.07) is 16.4. The van der Waals surface area contributed by atoms with Crippen LogP contribution in [-0.4, -0.2) is 42.9 Å². The zero-order chi connectivity index (χ0) is 29.2. The van der Waals surface area contributed by atoms with E-state index in [0.717, 1.165) is 44.5 Å². The monoisotopic (exact) mass is 550 g/mol. The second kappa shape index (κ2) is 19.7. The average molecular weight is 551 g/mol. The minimum atomic E-state index is 0.192. The van der Waals surface area contributed by atoms with Crippen molar-refractivity contribution < 1.29 is 19.7 Å². The van der Waals surface area contributed by atoms with Crippen molar-refractivity contribution in [2.75, 3.05) is 26.4 Å². The fourth-order valence-electron chi connectivity index (χ4n) is 5.87. The molecule has 0 aliphatic heterocycles. The lowest BCUT2D eigenvalue weighted by Crippen LogP contribution is -2.18. The van der Waals surface area contributed by atoms with Gasteiger partial charge in [0.15, 0.2) is 0 Å². The van der Waals surface area contributed by atoms with Crippen LogP contribution in [0, 0.1) is 11.8 Å². The van der Waals surface area contributed by atoms with Gasteiger partial charge in [0.2, 0.25) is 0 Å². The molecule has 1 atom stereocenters. The Bertz CT molecular complexity index is 973. The number of aliphatic hydroxyl groups is 2. The van der Waals surface area contributed by atoms with Crippen LogP contribution in [0.4, 0.5) is 0 Å². The van der Waals surface area contributed by atoms with E-state index in [1.54, 1.807) is 6.92 Å². The highest BCUT2D eigenvalue weighted by Gasteiger charge is 2.25. The number of aliphatic hydroxyl groups excluding tert-OH is 2. The van der Waals surface area contributed by atoms with Crippen molar-refractivity contribution in [1.29, 1.82) is 0 Å². The highest BCUT2D eigenvalue weighted by Crippen LogP contribution is 2.40. The van der Waals surface area contributed by atoms with Gasteiger partial charge < -0.3 is 14.9 Å². The fourth-order valence-corrected chi connectivity index (χ4v) is 5.87. The van der Waals surface area contributed by atoms with Crippen LogP contribution in [0.2, 0.25) is 0 Å². The number of ether oxygens (including phenoxy) is 1. The quantitative estimate of drug-likeness (QED) is 0.126. The van der Waals surface area contributed by atoms with Crippen molar-refractivity contribution in [2.24, 2.45) is 11.8 Å². The highest BCUT2D eigenvalue weighted by molar-refractivity contribution is 5.70. The third-order valence-electron chi connectivity index (χ3n) is 8.15. The Balaban J connectivity index is 0.00000103. The number of benzene rings is 2. The maximum absolute atomic E-state index is 9.52. The first-order valence-electron chi connectivity index (χ1n) is 15.6. The molecule has 0 amide bonds. The van der Waals surface area contributed by atoms with Crippen molar-refractivity contribution in [1.82, 2.24) is 0 Å². The molecule has 1 fully saturated rings. The minimum absolute atomic E-state index is 0.192. The van der Waals surface area contributed by atoms with E-state index in [1.807, 2.05) is 0 Å². The first-order valence-corrected chi connectivity index (χ1v) is 15.6. The molecule has 0 heterocycles. The van der Waals surface area contributed by atoms with E-state index < -0.39 is 0 Å². The molecular weight excluding hydrogens is 496 g/mol. The molecule has 222 valence electrons. The van der Waals surface area contributed by atoms with Gasteiger partial charge >= 0.3 is 0 Å². The smallest absolute Gasteiger partial charge is 0.145 e. The lowest BCUT2D eigenvalue weighted by Gasteiger charge is -2.31. The van der Waals surface area contributed by atoms with Crippen LogP contribution in [0.5, 0.6) is 0 Å². The molecule has 4 heteroatoms. The first-order chi connectivity index (χ1) is 19.4. The van der Waals surface area contributed by atoms with Crippen LogP contribution < -0.4 is 0 Å². The standard InChI is InChI=1S/C32H48O3.C4H6O/c1-3-6-25-7-13-30(14-8-25)32-16-15-31(24-28(32)4-2)29-11-9-26(10-12-29)23-27(17-20-34)18-22-35-21-5-19-33;1-4(2)3-5/h7-8,13-16,24,26-27,29,33-34H,3-6,9-12,17-23H2,1-2H3;3H,1H2,2H3. The second-order valence-corrected chi connectivity index (χ2v) is 11.5. The lowest BCUT2D eigenvalue weighted by molar-refractivity contribution is -0.104.